The summed E-state index contributed by atoms with van der Waals surface area (Å²) in [5.41, 5.74) is -0.272. The van der Waals surface area contributed by atoms with Gasteiger partial charge in [-0.15, -0.1) is 0 Å². The lowest BCUT2D eigenvalue weighted by Crippen LogP contribution is -2.59. The van der Waals surface area contributed by atoms with E-state index in [0.717, 1.165) is 18.4 Å². The SMILES string of the molecule is COc1ccc(C2(C#N)CCN(C(C)(CO)CNC(=O)c3ccccc3O)CC2)cc1OC1CCCC1. The predicted octanol–water partition coefficient (Wildman–Crippen LogP) is 3.76. The Morgan fingerprint density at radius 1 is 1.19 bits per heavy atom. The first kappa shape index (κ1) is 26.8. The van der Waals surface area contributed by atoms with Crippen molar-refractivity contribution >= 4 is 5.91 Å². The topological polar surface area (TPSA) is 115 Å². The number of methoxy groups -OCH3 is 1. The van der Waals surface area contributed by atoms with Crippen LogP contribution in [-0.4, -0.2) is 66.0 Å². The maximum absolute atomic E-state index is 12.6. The van der Waals surface area contributed by atoms with Crippen molar-refractivity contribution in [2.45, 2.75) is 62.5 Å². The van der Waals surface area contributed by atoms with E-state index in [1.165, 1.54) is 18.9 Å². The molecule has 2 fully saturated rings. The van der Waals surface area contributed by atoms with Crippen LogP contribution in [0.25, 0.3) is 0 Å². The highest BCUT2D eigenvalue weighted by Crippen LogP contribution is 2.41. The lowest BCUT2D eigenvalue weighted by Gasteiger charge is -2.46. The molecule has 1 aliphatic heterocycles. The van der Waals surface area contributed by atoms with Gasteiger partial charge in [-0.05, 0) is 75.3 Å². The van der Waals surface area contributed by atoms with Crippen LogP contribution in [0.15, 0.2) is 42.5 Å². The number of carbonyl (C=O) groups is 1. The molecule has 1 atom stereocenters. The van der Waals surface area contributed by atoms with Crippen LogP contribution in [0.3, 0.4) is 0 Å². The van der Waals surface area contributed by atoms with Gasteiger partial charge >= 0.3 is 0 Å². The predicted molar refractivity (Wildman–Crippen MR) is 140 cm³/mol. The van der Waals surface area contributed by atoms with Crippen LogP contribution in [0.4, 0.5) is 0 Å². The molecule has 1 aliphatic carbocycles. The summed E-state index contributed by atoms with van der Waals surface area (Å²) >= 11 is 0. The van der Waals surface area contributed by atoms with E-state index in [-0.39, 0.29) is 30.6 Å². The van der Waals surface area contributed by atoms with Gasteiger partial charge in [-0.1, -0.05) is 18.2 Å². The maximum atomic E-state index is 12.6. The van der Waals surface area contributed by atoms with Gasteiger partial charge in [0.2, 0.25) is 0 Å². The average Bonchev–Trinajstić information content (AvgIpc) is 3.45. The molecular weight excluding hydrogens is 470 g/mol. The lowest BCUT2D eigenvalue weighted by atomic mass is 9.73. The Balaban J connectivity index is 1.45. The second kappa shape index (κ2) is 11.4. The highest BCUT2D eigenvalue weighted by atomic mass is 16.5. The van der Waals surface area contributed by atoms with E-state index in [4.69, 9.17) is 9.47 Å². The molecule has 2 aromatic rings. The van der Waals surface area contributed by atoms with Crippen LogP contribution in [0.5, 0.6) is 17.2 Å². The Labute approximate surface area is 218 Å². The number of nitriles is 1. The normalized spacial score (nSPS) is 19.5. The zero-order chi connectivity index (χ0) is 26.5. The van der Waals surface area contributed by atoms with Crippen molar-refractivity contribution in [2.24, 2.45) is 0 Å². The fraction of sp³-hybridized carbons (Fsp3) is 0.517. The minimum absolute atomic E-state index is 0.0850. The minimum atomic E-state index is -0.710. The summed E-state index contributed by atoms with van der Waals surface area (Å²) < 4.78 is 11.8. The van der Waals surface area contributed by atoms with Gasteiger partial charge in [0, 0.05) is 19.6 Å². The average molecular weight is 508 g/mol. The molecule has 1 saturated carbocycles. The Hall–Kier alpha value is -3.28. The van der Waals surface area contributed by atoms with Crippen molar-refractivity contribution in [1.29, 1.82) is 5.26 Å². The zero-order valence-corrected chi connectivity index (χ0v) is 21.7. The fourth-order valence-electron chi connectivity index (χ4n) is 5.44. The highest BCUT2D eigenvalue weighted by molar-refractivity contribution is 5.96. The molecule has 3 N–H and O–H groups in total. The van der Waals surface area contributed by atoms with Crippen molar-refractivity contribution in [3.8, 4) is 23.3 Å². The van der Waals surface area contributed by atoms with Gasteiger partial charge in [0.05, 0.1) is 42.4 Å². The number of piperidine rings is 1. The summed E-state index contributed by atoms with van der Waals surface area (Å²) in [5.74, 6) is 0.887. The number of likely N-dealkylation sites (tertiary alicyclic amines) is 1. The highest BCUT2D eigenvalue weighted by Gasteiger charge is 2.42. The molecule has 8 nitrogen and oxygen atoms in total. The van der Waals surface area contributed by atoms with Crippen molar-refractivity contribution in [3.05, 3.63) is 53.6 Å². The molecule has 2 aliphatic rings. The molecule has 2 aromatic carbocycles. The number of benzene rings is 2. The number of aliphatic hydroxyl groups is 1. The number of hydrogen-bond acceptors (Lipinski definition) is 7. The van der Waals surface area contributed by atoms with Gasteiger partial charge in [-0.2, -0.15) is 5.26 Å². The van der Waals surface area contributed by atoms with Gasteiger partial charge in [-0.3, -0.25) is 9.69 Å². The van der Waals surface area contributed by atoms with Gasteiger partial charge in [0.25, 0.3) is 5.91 Å². The van der Waals surface area contributed by atoms with E-state index in [9.17, 15) is 20.3 Å². The molecule has 0 bridgehead atoms. The molecule has 198 valence electrons. The number of aliphatic hydroxyl groups excluding tert-OH is 1. The molecule has 37 heavy (non-hydrogen) atoms. The summed E-state index contributed by atoms with van der Waals surface area (Å²) in [6, 6.07) is 14.8. The van der Waals surface area contributed by atoms with Crippen LogP contribution >= 0.6 is 0 Å². The van der Waals surface area contributed by atoms with Crippen molar-refractivity contribution in [3.63, 3.8) is 0 Å². The maximum Gasteiger partial charge on any atom is 0.255 e. The summed E-state index contributed by atoms with van der Waals surface area (Å²) in [6.07, 6.45) is 5.76. The van der Waals surface area contributed by atoms with Crippen LogP contribution in [0, 0.1) is 11.3 Å². The second-order valence-electron chi connectivity index (χ2n) is 10.4. The number of amides is 1. The van der Waals surface area contributed by atoms with Gasteiger partial charge in [0.1, 0.15) is 5.75 Å². The van der Waals surface area contributed by atoms with Crippen molar-refractivity contribution in [1.82, 2.24) is 10.2 Å². The van der Waals surface area contributed by atoms with Crippen LogP contribution in [-0.2, 0) is 5.41 Å². The molecule has 0 spiro atoms. The Bertz CT molecular complexity index is 1130. The quantitative estimate of drug-likeness (QED) is 0.473. The first-order valence-electron chi connectivity index (χ1n) is 13.0. The number of hydrogen-bond donors (Lipinski definition) is 3. The largest absolute Gasteiger partial charge is 0.507 e. The Kier molecular flexibility index (Phi) is 8.25. The second-order valence-corrected chi connectivity index (χ2v) is 10.4. The Morgan fingerprint density at radius 2 is 1.89 bits per heavy atom. The molecule has 0 aromatic heterocycles. The summed E-state index contributed by atoms with van der Waals surface area (Å²) in [7, 11) is 1.63. The first-order chi connectivity index (χ1) is 17.8. The zero-order valence-electron chi connectivity index (χ0n) is 21.7. The van der Waals surface area contributed by atoms with Gasteiger partial charge in [-0.25, -0.2) is 0 Å². The van der Waals surface area contributed by atoms with Gasteiger partial charge in [0.15, 0.2) is 11.5 Å². The number of ether oxygens (including phenoxy) is 2. The molecule has 1 heterocycles. The fourth-order valence-corrected chi connectivity index (χ4v) is 5.44. The molecule has 4 rings (SSSR count). The number of aromatic hydroxyl groups is 1. The summed E-state index contributed by atoms with van der Waals surface area (Å²) in [4.78, 5) is 14.7. The van der Waals surface area contributed by atoms with Crippen LogP contribution < -0.4 is 14.8 Å². The third-order valence-electron chi connectivity index (χ3n) is 8.03. The summed E-state index contributed by atoms with van der Waals surface area (Å²) in [6.45, 7) is 3.12. The molecule has 1 unspecified atom stereocenters. The molecular formula is C29H37N3O5. The number of phenolic OH excluding ortho intramolecular Hbond substituents is 1. The van der Waals surface area contributed by atoms with Crippen LogP contribution in [0.2, 0.25) is 0 Å². The van der Waals surface area contributed by atoms with E-state index >= 15 is 0 Å². The van der Waals surface area contributed by atoms with Gasteiger partial charge < -0.3 is 25.0 Å². The molecule has 1 saturated heterocycles. The minimum Gasteiger partial charge on any atom is -0.507 e. The smallest absolute Gasteiger partial charge is 0.255 e. The van der Waals surface area contributed by atoms with E-state index < -0.39 is 16.9 Å². The third kappa shape index (κ3) is 5.68. The monoisotopic (exact) mass is 507 g/mol. The molecule has 0 radical (unpaired) electrons. The molecule has 8 heteroatoms. The van der Waals surface area contributed by atoms with E-state index in [1.54, 1.807) is 25.3 Å². The van der Waals surface area contributed by atoms with Crippen molar-refractivity contribution < 1.29 is 24.5 Å². The third-order valence-corrected chi connectivity index (χ3v) is 8.03. The number of para-hydroxylation sites is 1. The number of rotatable bonds is 9. The first-order valence-corrected chi connectivity index (χ1v) is 13.0. The van der Waals surface area contributed by atoms with Crippen molar-refractivity contribution in [2.75, 3.05) is 33.4 Å². The standard InChI is InChI=1S/C29H37N3O5/c1-28(20-33,19-31-27(35)23-9-5-6-10-24(23)34)32-15-13-29(18-30,14-16-32)21-11-12-25(36-2)26(17-21)37-22-7-3-4-8-22/h5-6,9-12,17,22,33-34H,3-4,7-8,13-16,19-20H2,1-2H3,(H,31,35). The Morgan fingerprint density at radius 3 is 2.51 bits per heavy atom. The van der Waals surface area contributed by atoms with E-state index in [2.05, 4.69) is 16.3 Å². The van der Waals surface area contributed by atoms with Crippen LogP contribution in [0.1, 0.15) is 61.4 Å². The lowest BCUT2D eigenvalue weighted by molar-refractivity contribution is 0.0180. The number of phenols is 1. The summed E-state index contributed by atoms with van der Waals surface area (Å²) in [5, 5.41) is 33.4. The molecule has 1 amide bonds. The number of carbonyl (C=O) groups excluding carboxylic acids is 1. The van der Waals surface area contributed by atoms with E-state index in [0.29, 0.717) is 37.4 Å². The number of nitrogens with zero attached hydrogens (tertiary/aromatic N) is 2. The van der Waals surface area contributed by atoms with E-state index in [1.807, 2.05) is 25.1 Å². The number of nitrogens with one attached hydrogen (secondary N) is 1.